The van der Waals surface area contributed by atoms with Crippen LogP contribution in [0.15, 0.2) is 43.2 Å². The number of aromatic nitrogens is 8. The lowest BCUT2D eigenvalue weighted by atomic mass is 9.97. The molecule has 278 valence electrons. The normalized spacial score (nSPS) is 28.2. The Hall–Kier alpha value is -4.09. The predicted octanol–water partition coefficient (Wildman–Crippen LogP) is 0.00830. The Morgan fingerprint density at radius 1 is 0.923 bits per heavy atom. The van der Waals surface area contributed by atoms with E-state index in [2.05, 4.69) is 30.6 Å². The molecule has 52 heavy (non-hydrogen) atoms. The Morgan fingerprint density at radius 2 is 1.60 bits per heavy atom. The maximum absolute atomic E-state index is 14.1. The summed E-state index contributed by atoms with van der Waals surface area (Å²) >= 11 is 1.10. The number of halogens is 3. The summed E-state index contributed by atoms with van der Waals surface area (Å²) in [5.74, 6) is -4.87. The number of hydrogen-bond donors (Lipinski definition) is 3. The van der Waals surface area contributed by atoms with E-state index >= 15 is 0 Å². The summed E-state index contributed by atoms with van der Waals surface area (Å²) in [5.41, 5.74) is -0.126. The molecule has 0 spiro atoms. The molecule has 3 aliphatic rings. The molecular weight excluding hydrogens is 715 g/mol. The lowest BCUT2D eigenvalue weighted by Crippen LogP contribution is -2.57. The smallest absolute Gasteiger partial charge is 0.248 e. The Kier molecular flexibility index (Phi) is 11.1. The summed E-state index contributed by atoms with van der Waals surface area (Å²) in [5, 5.41) is 49.1. The largest absolute Gasteiger partial charge is 0.394 e. The van der Waals surface area contributed by atoms with Gasteiger partial charge in [0.05, 0.1) is 56.8 Å². The predicted molar refractivity (Wildman–Crippen MR) is 172 cm³/mol. The number of aliphatic hydroxyl groups excluding tert-OH is 3. The van der Waals surface area contributed by atoms with Crippen LogP contribution >= 0.6 is 11.8 Å². The van der Waals surface area contributed by atoms with Crippen LogP contribution < -0.4 is 0 Å². The van der Waals surface area contributed by atoms with Crippen molar-refractivity contribution in [2.45, 2.75) is 47.2 Å². The molecule has 4 aromatic rings. The maximum atomic E-state index is 14.1. The third kappa shape index (κ3) is 7.53. The monoisotopic (exact) mass is 749 g/mol. The number of carbonyl (C=O) groups excluding carboxylic acids is 1. The Balaban J connectivity index is 1.17. The Bertz CT molecular complexity index is 1810. The minimum absolute atomic E-state index is 0.0578. The van der Waals surface area contributed by atoms with Crippen molar-refractivity contribution in [3.63, 3.8) is 0 Å². The molecule has 17 nitrogen and oxygen atoms in total. The fraction of sp³-hybridized carbons (Fsp3) is 0.516. The zero-order valence-corrected chi connectivity index (χ0v) is 28.1. The highest BCUT2D eigenvalue weighted by Crippen LogP contribution is 2.41. The van der Waals surface area contributed by atoms with Crippen molar-refractivity contribution in [3.05, 3.63) is 60.7 Å². The molecule has 0 saturated carbocycles. The Labute approximate surface area is 297 Å². The topological polar surface area (TPSA) is 205 Å². The van der Waals surface area contributed by atoms with Gasteiger partial charge in [-0.1, -0.05) is 10.4 Å². The van der Waals surface area contributed by atoms with Crippen molar-refractivity contribution in [2.24, 2.45) is 0 Å². The lowest BCUT2D eigenvalue weighted by molar-refractivity contribution is -0.196. The molecule has 1 amide bonds. The first-order chi connectivity index (χ1) is 25.2. The van der Waals surface area contributed by atoms with Crippen molar-refractivity contribution < 1.29 is 52.2 Å². The molecule has 8 unspecified atom stereocenters. The van der Waals surface area contributed by atoms with Gasteiger partial charge in [0, 0.05) is 36.6 Å². The van der Waals surface area contributed by atoms with E-state index in [9.17, 15) is 33.3 Å². The van der Waals surface area contributed by atoms with Crippen molar-refractivity contribution in [2.75, 3.05) is 52.7 Å². The van der Waals surface area contributed by atoms with Crippen molar-refractivity contribution in [1.82, 2.24) is 44.9 Å². The van der Waals surface area contributed by atoms with Crippen LogP contribution in [0.1, 0.15) is 12.1 Å². The van der Waals surface area contributed by atoms with Crippen LogP contribution in [0.5, 0.6) is 0 Å². The molecule has 0 radical (unpaired) electrons. The van der Waals surface area contributed by atoms with Gasteiger partial charge >= 0.3 is 0 Å². The molecule has 0 bridgehead atoms. The number of morpholine rings is 1. The van der Waals surface area contributed by atoms with E-state index in [4.69, 9.17) is 18.9 Å². The molecule has 1 aromatic carbocycles. The third-order valence-electron chi connectivity index (χ3n) is 9.04. The second-order valence-electron chi connectivity index (χ2n) is 12.3. The number of amides is 1. The summed E-state index contributed by atoms with van der Waals surface area (Å²) in [4.78, 5) is 22.8. The lowest BCUT2D eigenvalue weighted by Gasteiger charge is -2.45. The molecule has 3 aromatic heterocycles. The first-order valence-electron chi connectivity index (χ1n) is 16.3. The number of rotatable bonds is 10. The summed E-state index contributed by atoms with van der Waals surface area (Å²) in [6.07, 6.45) is 2.52. The summed E-state index contributed by atoms with van der Waals surface area (Å²) < 4.78 is 68.1. The number of thioether (sulfide) groups is 1. The quantitative estimate of drug-likeness (QED) is 0.183. The van der Waals surface area contributed by atoms with Crippen LogP contribution in [-0.4, -0.2) is 154 Å². The van der Waals surface area contributed by atoms with Crippen LogP contribution in [-0.2, 0) is 23.7 Å². The SMILES string of the molecule is O=C(COC1C(SC2COCC(n3cc(-c4cncnc4)nn3)C2O)OC(CO)C(O)C1n1cc(-c2cc(F)c(F)c(F)c2)nn1)N1CCOCC1. The molecule has 8 atom stereocenters. The number of ether oxygens (including phenoxy) is 4. The van der Waals surface area contributed by atoms with Gasteiger partial charge in [0.15, 0.2) is 17.5 Å². The fourth-order valence-corrected chi connectivity index (χ4v) is 7.72. The molecule has 0 aliphatic carbocycles. The van der Waals surface area contributed by atoms with Gasteiger partial charge in [0.25, 0.3) is 0 Å². The van der Waals surface area contributed by atoms with E-state index in [1.165, 1.54) is 21.9 Å². The molecule has 3 aliphatic heterocycles. The van der Waals surface area contributed by atoms with Crippen LogP contribution in [0.4, 0.5) is 13.2 Å². The van der Waals surface area contributed by atoms with Gasteiger partial charge in [-0.15, -0.1) is 22.0 Å². The van der Waals surface area contributed by atoms with E-state index in [0.717, 1.165) is 23.9 Å². The van der Waals surface area contributed by atoms with Gasteiger partial charge in [-0.2, -0.15) is 0 Å². The van der Waals surface area contributed by atoms with Crippen LogP contribution in [0, 0.1) is 17.5 Å². The fourth-order valence-electron chi connectivity index (χ4n) is 6.26. The molecule has 3 saturated heterocycles. The van der Waals surface area contributed by atoms with Gasteiger partial charge in [-0.25, -0.2) is 32.5 Å². The molecule has 21 heteroatoms. The van der Waals surface area contributed by atoms with Crippen LogP contribution in [0.2, 0.25) is 0 Å². The van der Waals surface area contributed by atoms with Gasteiger partial charge in [-0.05, 0) is 12.1 Å². The second-order valence-corrected chi connectivity index (χ2v) is 13.6. The Morgan fingerprint density at radius 3 is 2.31 bits per heavy atom. The minimum Gasteiger partial charge on any atom is -0.394 e. The number of benzene rings is 1. The van der Waals surface area contributed by atoms with Crippen molar-refractivity contribution >= 4 is 17.7 Å². The van der Waals surface area contributed by atoms with Crippen molar-refractivity contribution in [3.8, 4) is 22.5 Å². The minimum atomic E-state index is -1.65. The number of carbonyl (C=O) groups is 1. The molecular formula is C31H34F3N9O8S. The van der Waals surface area contributed by atoms with Gasteiger partial charge in [-0.3, -0.25) is 4.79 Å². The zero-order valence-electron chi connectivity index (χ0n) is 27.3. The van der Waals surface area contributed by atoms with Gasteiger partial charge < -0.3 is 39.2 Å². The number of aliphatic hydroxyl groups is 3. The first-order valence-corrected chi connectivity index (χ1v) is 17.2. The average Bonchev–Trinajstić information content (AvgIpc) is 3.86. The summed E-state index contributed by atoms with van der Waals surface area (Å²) in [6, 6.07) is -0.346. The summed E-state index contributed by atoms with van der Waals surface area (Å²) in [7, 11) is 0. The van der Waals surface area contributed by atoms with E-state index < -0.39 is 77.9 Å². The maximum Gasteiger partial charge on any atom is 0.248 e. The molecule has 3 fully saturated rings. The van der Waals surface area contributed by atoms with Gasteiger partial charge in [0.2, 0.25) is 5.91 Å². The summed E-state index contributed by atoms with van der Waals surface area (Å²) in [6.45, 7) is 0.524. The zero-order chi connectivity index (χ0) is 36.4. The van der Waals surface area contributed by atoms with Crippen molar-refractivity contribution in [1.29, 1.82) is 0 Å². The molecule has 3 N–H and O–H groups in total. The van der Waals surface area contributed by atoms with E-state index in [0.29, 0.717) is 37.6 Å². The van der Waals surface area contributed by atoms with E-state index in [-0.39, 0.29) is 30.4 Å². The highest BCUT2D eigenvalue weighted by atomic mass is 32.2. The molecule has 6 heterocycles. The van der Waals surface area contributed by atoms with E-state index in [1.54, 1.807) is 23.5 Å². The number of nitrogens with zero attached hydrogens (tertiary/aromatic N) is 9. The third-order valence-corrected chi connectivity index (χ3v) is 10.5. The van der Waals surface area contributed by atoms with Crippen LogP contribution in [0.3, 0.4) is 0 Å². The van der Waals surface area contributed by atoms with Gasteiger partial charge in [0.1, 0.15) is 60.2 Å². The number of hydrogen-bond acceptors (Lipinski definition) is 15. The molecule has 7 rings (SSSR count). The first kappa shape index (κ1) is 36.3. The standard InChI is InChI=1S/C31H34F3N9O8S/c32-18-5-16(6-19(33)26(18)34)20-10-43(40-37-20)27-29(47)23(11-44)51-31(30(27)50-14-25(45)41-1-3-48-4-2-41)52-24-13-49-12-22(28(24)46)42-9-21(38-39-42)17-7-35-15-36-8-17/h5-10,15,22-24,27-31,44,46-47H,1-4,11-14H2. The van der Waals surface area contributed by atoms with Crippen LogP contribution in [0.25, 0.3) is 22.5 Å². The second kappa shape index (κ2) is 15.9. The highest BCUT2D eigenvalue weighted by molar-refractivity contribution is 8.00. The van der Waals surface area contributed by atoms with E-state index in [1.807, 2.05) is 0 Å². The average molecular weight is 750 g/mol. The highest BCUT2D eigenvalue weighted by Gasteiger charge is 2.50.